The summed E-state index contributed by atoms with van der Waals surface area (Å²) in [7, 11) is 0. The van der Waals surface area contributed by atoms with Crippen LogP contribution in [0.1, 0.15) is 12.8 Å². The Morgan fingerprint density at radius 2 is 1.86 bits per heavy atom. The Balaban J connectivity index is 1.38. The number of fused-ring (bicyclic) bond motifs is 1. The zero-order chi connectivity index (χ0) is 20.2. The molecule has 1 saturated heterocycles. The fourth-order valence-corrected chi connectivity index (χ4v) is 4.12. The molecule has 2 aromatic carbocycles. The van der Waals surface area contributed by atoms with E-state index in [-0.39, 0.29) is 23.5 Å². The quantitative estimate of drug-likeness (QED) is 0.605. The third-order valence-corrected chi connectivity index (χ3v) is 5.85. The van der Waals surface area contributed by atoms with Crippen molar-refractivity contribution in [2.45, 2.75) is 18.1 Å². The molecule has 0 radical (unpaired) electrons. The summed E-state index contributed by atoms with van der Waals surface area (Å²) >= 11 is 1.26. The number of hydrogen-bond donors (Lipinski definition) is 2. The Hall–Kier alpha value is -3.00. The Morgan fingerprint density at radius 1 is 1.14 bits per heavy atom. The fourth-order valence-electron chi connectivity index (χ4n) is 3.49. The second kappa shape index (κ2) is 8.57. The summed E-state index contributed by atoms with van der Waals surface area (Å²) in [6, 6.07) is 15.2. The number of oxazole rings is 1. The highest BCUT2D eigenvalue weighted by atomic mass is 32.2. The molecule has 29 heavy (non-hydrogen) atoms. The number of hydrogen-bond acceptors (Lipinski definition) is 6. The predicted octanol–water partition coefficient (Wildman–Crippen LogP) is 3.26. The zero-order valence-electron chi connectivity index (χ0n) is 15.8. The predicted molar refractivity (Wildman–Crippen MR) is 114 cm³/mol. The number of piperidine rings is 1. The monoisotopic (exact) mass is 410 g/mol. The van der Waals surface area contributed by atoms with E-state index in [1.807, 2.05) is 48.5 Å². The lowest BCUT2D eigenvalue weighted by Gasteiger charge is -2.33. The molecule has 1 aromatic heterocycles. The van der Waals surface area contributed by atoms with Gasteiger partial charge in [-0.05, 0) is 37.1 Å². The number of rotatable bonds is 6. The number of nitrogens with zero attached hydrogens (tertiary/aromatic N) is 2. The van der Waals surface area contributed by atoms with E-state index in [2.05, 4.69) is 15.2 Å². The summed E-state index contributed by atoms with van der Waals surface area (Å²) < 4.78 is 5.64. The number of benzene rings is 2. The molecular formula is C21H22N4O3S. The van der Waals surface area contributed by atoms with Crippen LogP contribution >= 0.6 is 11.8 Å². The molecule has 0 atom stereocenters. The molecule has 0 spiro atoms. The molecule has 0 aliphatic carbocycles. The molecule has 1 aliphatic rings. The second-order valence-electron chi connectivity index (χ2n) is 6.97. The number of para-hydroxylation sites is 4. The highest BCUT2D eigenvalue weighted by Gasteiger charge is 2.24. The molecule has 1 aliphatic heterocycles. The van der Waals surface area contributed by atoms with Crippen molar-refractivity contribution in [1.29, 1.82) is 0 Å². The van der Waals surface area contributed by atoms with Crippen molar-refractivity contribution in [2.24, 2.45) is 11.7 Å². The number of nitrogens with two attached hydrogens (primary N) is 1. The first-order valence-corrected chi connectivity index (χ1v) is 10.5. The number of carbonyl (C=O) groups is 2. The molecule has 8 heteroatoms. The van der Waals surface area contributed by atoms with Gasteiger partial charge in [-0.25, -0.2) is 4.98 Å². The molecule has 3 N–H and O–H groups in total. The third-order valence-electron chi connectivity index (χ3n) is 5.02. The number of amides is 2. The van der Waals surface area contributed by atoms with Crippen molar-refractivity contribution in [3.05, 3.63) is 48.5 Å². The van der Waals surface area contributed by atoms with Crippen LogP contribution < -0.4 is 16.0 Å². The molecule has 4 rings (SSSR count). The molecule has 2 amide bonds. The average Bonchev–Trinajstić information content (AvgIpc) is 3.16. The van der Waals surface area contributed by atoms with Gasteiger partial charge >= 0.3 is 0 Å². The van der Waals surface area contributed by atoms with Crippen LogP contribution in [0.2, 0.25) is 0 Å². The molecule has 2 heterocycles. The smallest absolute Gasteiger partial charge is 0.257 e. The maximum absolute atomic E-state index is 12.5. The van der Waals surface area contributed by atoms with Gasteiger partial charge < -0.3 is 20.4 Å². The van der Waals surface area contributed by atoms with Crippen LogP contribution in [-0.2, 0) is 9.59 Å². The minimum Gasteiger partial charge on any atom is -0.431 e. The molecule has 0 bridgehead atoms. The van der Waals surface area contributed by atoms with E-state index in [1.54, 1.807) is 0 Å². The van der Waals surface area contributed by atoms with Crippen LogP contribution in [0.4, 0.5) is 11.4 Å². The van der Waals surface area contributed by atoms with E-state index < -0.39 is 0 Å². The molecule has 3 aromatic rings. The lowest BCUT2D eigenvalue weighted by atomic mass is 9.96. The van der Waals surface area contributed by atoms with Gasteiger partial charge in [0.2, 0.25) is 11.8 Å². The van der Waals surface area contributed by atoms with Crippen LogP contribution in [0.3, 0.4) is 0 Å². The molecular weight excluding hydrogens is 388 g/mol. The molecule has 7 nitrogen and oxygen atoms in total. The van der Waals surface area contributed by atoms with Crippen molar-refractivity contribution < 1.29 is 14.0 Å². The molecule has 0 saturated carbocycles. The normalized spacial score (nSPS) is 14.8. The van der Waals surface area contributed by atoms with Gasteiger partial charge in [-0.15, -0.1) is 0 Å². The molecule has 1 fully saturated rings. The van der Waals surface area contributed by atoms with Crippen molar-refractivity contribution in [2.75, 3.05) is 29.1 Å². The second-order valence-corrected chi connectivity index (χ2v) is 7.89. The minimum absolute atomic E-state index is 0.0688. The zero-order valence-corrected chi connectivity index (χ0v) is 16.7. The summed E-state index contributed by atoms with van der Waals surface area (Å²) in [5, 5.41) is 3.46. The molecule has 0 unspecified atom stereocenters. The average molecular weight is 410 g/mol. The summed E-state index contributed by atoms with van der Waals surface area (Å²) in [5.41, 5.74) is 8.62. The largest absolute Gasteiger partial charge is 0.431 e. The number of primary amides is 1. The first-order chi connectivity index (χ1) is 14.1. The van der Waals surface area contributed by atoms with Crippen molar-refractivity contribution in [3.8, 4) is 0 Å². The Labute approximate surface area is 172 Å². The number of aromatic nitrogens is 1. The first kappa shape index (κ1) is 19.3. The van der Waals surface area contributed by atoms with Gasteiger partial charge in [0, 0.05) is 19.0 Å². The summed E-state index contributed by atoms with van der Waals surface area (Å²) in [6.45, 7) is 1.47. The van der Waals surface area contributed by atoms with Gasteiger partial charge in [-0.3, -0.25) is 9.59 Å². The van der Waals surface area contributed by atoms with E-state index in [4.69, 9.17) is 10.2 Å². The van der Waals surface area contributed by atoms with Gasteiger partial charge in [0.1, 0.15) is 5.52 Å². The van der Waals surface area contributed by atoms with Gasteiger partial charge in [-0.2, -0.15) is 0 Å². The summed E-state index contributed by atoms with van der Waals surface area (Å²) in [5.74, 6) is -0.231. The number of thioether (sulfide) groups is 1. The Morgan fingerprint density at radius 3 is 2.62 bits per heavy atom. The Bertz CT molecular complexity index is 994. The van der Waals surface area contributed by atoms with Gasteiger partial charge in [-0.1, -0.05) is 36.0 Å². The standard InChI is InChI=1S/C21H22N4O3S/c22-20(27)14-9-11-25(12-10-14)17-7-3-1-5-15(17)23-19(26)13-29-21-24-16-6-2-4-8-18(16)28-21/h1-8,14H,9-13H2,(H2,22,27)(H,23,26). The fraction of sp³-hybridized carbons (Fsp3) is 0.286. The number of carbonyl (C=O) groups excluding carboxylic acids is 2. The van der Waals surface area contributed by atoms with Crippen molar-refractivity contribution >= 4 is 46.1 Å². The van der Waals surface area contributed by atoms with E-state index >= 15 is 0 Å². The van der Waals surface area contributed by atoms with Crippen LogP contribution in [0.25, 0.3) is 11.1 Å². The van der Waals surface area contributed by atoms with Gasteiger partial charge in [0.05, 0.1) is 17.1 Å². The van der Waals surface area contributed by atoms with Gasteiger partial charge in [0.25, 0.3) is 5.22 Å². The maximum atomic E-state index is 12.5. The summed E-state index contributed by atoms with van der Waals surface area (Å²) in [6.07, 6.45) is 1.45. The lowest BCUT2D eigenvalue weighted by molar-refractivity contribution is -0.122. The van der Waals surface area contributed by atoms with Crippen molar-refractivity contribution in [1.82, 2.24) is 4.98 Å². The van der Waals surface area contributed by atoms with Crippen molar-refractivity contribution in [3.63, 3.8) is 0 Å². The minimum atomic E-state index is -0.234. The maximum Gasteiger partial charge on any atom is 0.257 e. The van der Waals surface area contributed by atoms with Gasteiger partial charge in [0.15, 0.2) is 5.58 Å². The highest BCUT2D eigenvalue weighted by Crippen LogP contribution is 2.30. The van der Waals surface area contributed by atoms with Crippen LogP contribution in [0, 0.1) is 5.92 Å². The van der Waals surface area contributed by atoms with E-state index in [9.17, 15) is 9.59 Å². The topological polar surface area (TPSA) is 101 Å². The van der Waals surface area contributed by atoms with Crippen LogP contribution in [-0.4, -0.2) is 35.6 Å². The number of anilines is 2. The van der Waals surface area contributed by atoms with Crippen LogP contribution in [0.15, 0.2) is 58.2 Å². The third kappa shape index (κ3) is 4.54. The van der Waals surface area contributed by atoms with E-state index in [1.165, 1.54) is 11.8 Å². The highest BCUT2D eigenvalue weighted by molar-refractivity contribution is 7.99. The van der Waals surface area contributed by atoms with Crippen LogP contribution in [0.5, 0.6) is 0 Å². The van der Waals surface area contributed by atoms with E-state index in [0.717, 1.165) is 42.8 Å². The summed E-state index contributed by atoms with van der Waals surface area (Å²) in [4.78, 5) is 30.4. The number of nitrogens with one attached hydrogen (secondary N) is 1. The van der Waals surface area contributed by atoms with E-state index in [0.29, 0.717) is 10.8 Å². The Kier molecular flexibility index (Phi) is 5.71. The molecule has 150 valence electrons. The lowest BCUT2D eigenvalue weighted by Crippen LogP contribution is -2.38. The SMILES string of the molecule is NC(=O)C1CCN(c2ccccc2NC(=O)CSc2nc3ccccc3o2)CC1. The first-order valence-electron chi connectivity index (χ1n) is 9.51.